The lowest BCUT2D eigenvalue weighted by Crippen LogP contribution is -2.50. The van der Waals surface area contributed by atoms with Gasteiger partial charge in [0.05, 0.1) is 10.6 Å². The van der Waals surface area contributed by atoms with Crippen LogP contribution in [-0.2, 0) is 4.79 Å². The summed E-state index contributed by atoms with van der Waals surface area (Å²) >= 11 is 12.1. The van der Waals surface area contributed by atoms with Crippen LogP contribution in [0.4, 0.5) is 0 Å². The molecule has 5 nitrogen and oxygen atoms in total. The van der Waals surface area contributed by atoms with E-state index in [9.17, 15) is 9.59 Å². The number of likely N-dealkylation sites (tertiary alicyclic amines) is 1. The quantitative estimate of drug-likeness (QED) is 0.704. The highest BCUT2D eigenvalue weighted by Crippen LogP contribution is 2.26. The van der Waals surface area contributed by atoms with Crippen LogP contribution >= 0.6 is 35.6 Å². The first kappa shape index (κ1) is 23.0. The van der Waals surface area contributed by atoms with Crippen molar-refractivity contribution >= 4 is 47.4 Å². The van der Waals surface area contributed by atoms with Crippen LogP contribution in [0.2, 0.25) is 10.0 Å². The fraction of sp³-hybridized carbons (Fsp3) is 0.556. The molecular formula is C18H26Cl3N3O2. The van der Waals surface area contributed by atoms with Crippen LogP contribution in [0.5, 0.6) is 0 Å². The summed E-state index contributed by atoms with van der Waals surface area (Å²) < 4.78 is 0. The van der Waals surface area contributed by atoms with Gasteiger partial charge < -0.3 is 16.0 Å². The molecule has 0 radical (unpaired) electrons. The molecule has 2 amide bonds. The third kappa shape index (κ3) is 5.74. The Morgan fingerprint density at radius 3 is 2.77 bits per heavy atom. The van der Waals surface area contributed by atoms with E-state index in [0.717, 1.165) is 25.7 Å². The number of rotatable bonds is 7. The lowest BCUT2D eigenvalue weighted by atomic mass is 10.1. The number of benzene rings is 1. The third-order valence-corrected chi connectivity index (χ3v) is 5.08. The second kappa shape index (κ2) is 11.0. The van der Waals surface area contributed by atoms with Crippen LogP contribution in [0.1, 0.15) is 49.4 Å². The number of nitrogens with one attached hydrogen (secondary N) is 1. The lowest BCUT2D eigenvalue weighted by molar-refractivity contribution is -0.125. The number of hydrogen-bond donors (Lipinski definition) is 2. The largest absolute Gasteiger partial charge is 0.350 e. The predicted molar refractivity (Wildman–Crippen MR) is 108 cm³/mol. The van der Waals surface area contributed by atoms with E-state index in [2.05, 4.69) is 12.2 Å². The highest BCUT2D eigenvalue weighted by atomic mass is 35.5. The molecule has 2 unspecified atom stereocenters. The molecule has 1 saturated heterocycles. The van der Waals surface area contributed by atoms with Crippen molar-refractivity contribution in [1.82, 2.24) is 10.2 Å². The van der Waals surface area contributed by atoms with E-state index >= 15 is 0 Å². The fourth-order valence-electron chi connectivity index (χ4n) is 3.10. The second-order valence-electron chi connectivity index (χ2n) is 6.36. The molecular weight excluding hydrogens is 397 g/mol. The first-order valence-electron chi connectivity index (χ1n) is 8.74. The number of carbonyl (C=O) groups excluding carboxylic acids is 2. The van der Waals surface area contributed by atoms with Crippen LogP contribution < -0.4 is 11.1 Å². The van der Waals surface area contributed by atoms with Gasteiger partial charge in [-0.15, -0.1) is 12.4 Å². The third-order valence-electron chi connectivity index (χ3n) is 4.51. The summed E-state index contributed by atoms with van der Waals surface area (Å²) in [4.78, 5) is 27.1. The minimum absolute atomic E-state index is 0. The summed E-state index contributed by atoms with van der Waals surface area (Å²) in [5.74, 6) is -0.404. The zero-order chi connectivity index (χ0) is 18.4. The average molecular weight is 423 g/mol. The van der Waals surface area contributed by atoms with Crippen LogP contribution in [-0.4, -0.2) is 41.9 Å². The Labute approximate surface area is 171 Å². The van der Waals surface area contributed by atoms with Crippen LogP contribution in [0, 0.1) is 0 Å². The van der Waals surface area contributed by atoms with Gasteiger partial charge in [-0.1, -0.05) is 43.0 Å². The molecule has 0 bridgehead atoms. The molecule has 1 heterocycles. The van der Waals surface area contributed by atoms with E-state index < -0.39 is 6.04 Å². The minimum atomic E-state index is -0.488. The zero-order valence-corrected chi connectivity index (χ0v) is 17.2. The molecule has 1 fully saturated rings. The van der Waals surface area contributed by atoms with Crippen molar-refractivity contribution in [1.29, 1.82) is 0 Å². The maximum Gasteiger partial charge on any atom is 0.256 e. The Morgan fingerprint density at radius 1 is 1.38 bits per heavy atom. The first-order valence-corrected chi connectivity index (χ1v) is 9.50. The van der Waals surface area contributed by atoms with Gasteiger partial charge in [0.15, 0.2) is 0 Å². The van der Waals surface area contributed by atoms with Gasteiger partial charge in [-0.2, -0.15) is 0 Å². The van der Waals surface area contributed by atoms with E-state index in [1.54, 1.807) is 23.1 Å². The topological polar surface area (TPSA) is 75.4 Å². The van der Waals surface area contributed by atoms with Gasteiger partial charge >= 0.3 is 0 Å². The van der Waals surface area contributed by atoms with E-state index in [1.807, 2.05) is 0 Å². The van der Waals surface area contributed by atoms with Gasteiger partial charge in [0, 0.05) is 24.2 Å². The maximum atomic E-state index is 12.8. The van der Waals surface area contributed by atoms with Crippen molar-refractivity contribution < 1.29 is 9.59 Å². The maximum absolute atomic E-state index is 12.8. The smallest absolute Gasteiger partial charge is 0.256 e. The standard InChI is InChI=1S/C18H25Cl2N3O2.ClH/c1-2-3-5-13(11-21)22-17(24)16-6-4-9-23(16)18(25)14-10-12(19)7-8-15(14)20;/h7-8,10,13,16H,2-6,9,11,21H2,1H3,(H,22,24);1H. The first-order chi connectivity index (χ1) is 12.0. The molecule has 0 aromatic heterocycles. The van der Waals surface area contributed by atoms with Crippen molar-refractivity contribution in [2.45, 2.75) is 51.1 Å². The van der Waals surface area contributed by atoms with E-state index in [0.29, 0.717) is 35.1 Å². The molecule has 146 valence electrons. The zero-order valence-electron chi connectivity index (χ0n) is 14.8. The Kier molecular flexibility index (Phi) is 9.72. The fourth-order valence-corrected chi connectivity index (χ4v) is 3.47. The summed E-state index contributed by atoms with van der Waals surface area (Å²) in [6.45, 7) is 3.02. The van der Waals surface area contributed by atoms with Gasteiger partial charge in [0.25, 0.3) is 5.91 Å². The minimum Gasteiger partial charge on any atom is -0.350 e. The molecule has 2 atom stereocenters. The number of unbranched alkanes of at least 4 members (excludes halogenated alkanes) is 1. The van der Waals surface area contributed by atoms with Crippen molar-refractivity contribution in [3.8, 4) is 0 Å². The average Bonchev–Trinajstić information content (AvgIpc) is 3.09. The molecule has 26 heavy (non-hydrogen) atoms. The monoisotopic (exact) mass is 421 g/mol. The van der Waals surface area contributed by atoms with Gasteiger partial charge in [-0.05, 0) is 37.5 Å². The summed E-state index contributed by atoms with van der Waals surface area (Å²) in [5, 5.41) is 3.77. The second-order valence-corrected chi connectivity index (χ2v) is 7.21. The SMILES string of the molecule is CCCCC(CN)NC(=O)C1CCCN1C(=O)c1cc(Cl)ccc1Cl.Cl. The number of halogens is 3. The molecule has 0 spiro atoms. The number of hydrogen-bond acceptors (Lipinski definition) is 3. The molecule has 1 aromatic rings. The van der Waals surface area contributed by atoms with Crippen molar-refractivity contribution in [2.75, 3.05) is 13.1 Å². The Bertz CT molecular complexity index is 628. The van der Waals surface area contributed by atoms with Crippen molar-refractivity contribution in [3.05, 3.63) is 33.8 Å². The van der Waals surface area contributed by atoms with Gasteiger partial charge in [-0.25, -0.2) is 0 Å². The summed E-state index contributed by atoms with van der Waals surface area (Å²) in [6.07, 6.45) is 4.33. The number of nitrogens with zero attached hydrogens (tertiary/aromatic N) is 1. The van der Waals surface area contributed by atoms with Crippen LogP contribution in [0.3, 0.4) is 0 Å². The number of nitrogens with two attached hydrogens (primary N) is 1. The molecule has 1 aromatic carbocycles. The molecule has 2 rings (SSSR count). The van der Waals surface area contributed by atoms with E-state index in [-0.39, 0.29) is 30.3 Å². The Hall–Kier alpha value is -1.01. The van der Waals surface area contributed by atoms with Crippen LogP contribution in [0.25, 0.3) is 0 Å². The predicted octanol–water partition coefficient (Wildman–Crippen LogP) is 3.65. The molecule has 3 N–H and O–H groups in total. The highest BCUT2D eigenvalue weighted by molar-refractivity contribution is 6.35. The van der Waals surface area contributed by atoms with Gasteiger partial charge in [-0.3, -0.25) is 9.59 Å². The summed E-state index contributed by atoms with van der Waals surface area (Å²) in [7, 11) is 0. The van der Waals surface area contributed by atoms with Gasteiger partial charge in [0.2, 0.25) is 5.91 Å². The number of carbonyl (C=O) groups is 2. The van der Waals surface area contributed by atoms with E-state index in [4.69, 9.17) is 28.9 Å². The molecule has 8 heteroatoms. The molecule has 1 aliphatic rings. The normalized spacial score (nSPS) is 17.5. The van der Waals surface area contributed by atoms with E-state index in [1.165, 1.54) is 0 Å². The highest BCUT2D eigenvalue weighted by Gasteiger charge is 2.35. The molecule has 0 aliphatic carbocycles. The Balaban J connectivity index is 0.00000338. The molecule has 1 aliphatic heterocycles. The summed E-state index contributed by atoms with van der Waals surface area (Å²) in [5.41, 5.74) is 6.08. The molecule has 0 saturated carbocycles. The lowest BCUT2D eigenvalue weighted by Gasteiger charge is -2.26. The Morgan fingerprint density at radius 2 is 2.12 bits per heavy atom. The van der Waals surface area contributed by atoms with Crippen LogP contribution in [0.15, 0.2) is 18.2 Å². The summed E-state index contributed by atoms with van der Waals surface area (Å²) in [6, 6.07) is 4.23. The van der Waals surface area contributed by atoms with Crippen molar-refractivity contribution in [2.24, 2.45) is 5.73 Å². The van der Waals surface area contributed by atoms with Gasteiger partial charge in [0.1, 0.15) is 6.04 Å². The number of amides is 2. The van der Waals surface area contributed by atoms with Crippen molar-refractivity contribution in [3.63, 3.8) is 0 Å².